The highest BCUT2D eigenvalue weighted by atomic mass is 35.5. The number of halogens is 1. The number of likely N-dealkylation sites (tertiary alicyclic amines) is 2. The Morgan fingerprint density at radius 3 is 1.85 bits per heavy atom. The number of carbonyl (C=O) groups is 4. The lowest BCUT2D eigenvalue weighted by molar-refractivity contribution is -0.137. The third kappa shape index (κ3) is 7.24. The molecule has 5 aromatic rings. The number of hydrogen-bond acceptors (Lipinski definition) is 7. The number of imidazole rings is 2. The molecule has 2 saturated heterocycles. The fourth-order valence-corrected chi connectivity index (χ4v) is 9.73. The summed E-state index contributed by atoms with van der Waals surface area (Å²) in [6, 6.07) is 19.0. The van der Waals surface area contributed by atoms with Gasteiger partial charge in [0.1, 0.15) is 34.6 Å². The van der Waals surface area contributed by atoms with Crippen molar-refractivity contribution in [1.29, 1.82) is 0 Å². The normalized spacial score (nSPS) is 23.7. The van der Waals surface area contributed by atoms with Crippen LogP contribution >= 0.6 is 11.6 Å². The van der Waals surface area contributed by atoms with Gasteiger partial charge in [-0.2, -0.15) is 0 Å². The summed E-state index contributed by atoms with van der Waals surface area (Å²) in [7, 11) is 1.29. The van der Waals surface area contributed by atoms with E-state index in [2.05, 4.69) is 69.1 Å². The molecular formula is C45H49ClN8O6. The van der Waals surface area contributed by atoms with Crippen LogP contribution in [0.25, 0.3) is 44.4 Å². The summed E-state index contributed by atoms with van der Waals surface area (Å²) in [5.41, 5.74) is 5.38. The number of H-pyrrole nitrogens is 2. The number of carboxylic acid groups (broad SMARTS) is 1. The number of hydrogen-bond donors (Lipinski definition) is 5. The standard InChI is InChI=1S/C45H49ClN8O6/c1-21(2)36(50-44(57)58)42(55)53-32-16-29(32)18-34(53)40-47-20-31(48-40)28-13-12-26-14-25(10-11-27(26)15-28)23-6-8-24(9-7-23)38-39(46)52-41(49-38)35-19-30-17-33(30)54(35)43(56)37(22(3)4)51-45(59)60-5/h6-15,20-22,29-30,32-37,50H,16-19H2,1-5H3,(H,47,48)(H,49,52)(H,51,59)(H,57,58)/t29-,30-,32-,33-,34+,35+,36?,37?/m1/s1. The Kier molecular flexibility index (Phi) is 10.1. The van der Waals surface area contributed by atoms with E-state index in [9.17, 15) is 24.3 Å². The molecule has 2 aliphatic carbocycles. The molecule has 14 nitrogen and oxygen atoms in total. The second kappa shape index (κ2) is 15.3. The van der Waals surface area contributed by atoms with Gasteiger partial charge in [0.25, 0.3) is 0 Å². The largest absolute Gasteiger partial charge is 0.465 e. The zero-order valence-electron chi connectivity index (χ0n) is 34.1. The predicted molar refractivity (Wildman–Crippen MR) is 226 cm³/mol. The maximum atomic E-state index is 13.8. The van der Waals surface area contributed by atoms with E-state index in [0.717, 1.165) is 64.4 Å². The fourth-order valence-electron chi connectivity index (χ4n) is 9.49. The molecule has 60 heavy (non-hydrogen) atoms. The molecule has 15 heteroatoms. The van der Waals surface area contributed by atoms with Crippen molar-refractivity contribution < 1.29 is 29.0 Å². The van der Waals surface area contributed by atoms with E-state index in [1.807, 2.05) is 55.8 Å². The number of ether oxygens (including phenoxy) is 1. The third-order valence-corrected chi connectivity index (χ3v) is 13.1. The van der Waals surface area contributed by atoms with Gasteiger partial charge in [-0.25, -0.2) is 19.6 Å². The molecule has 0 spiro atoms. The van der Waals surface area contributed by atoms with Gasteiger partial charge in [-0.05, 0) is 83.4 Å². The Balaban J connectivity index is 0.896. The monoisotopic (exact) mass is 832 g/mol. The van der Waals surface area contributed by atoms with Gasteiger partial charge in [-0.15, -0.1) is 0 Å². The number of rotatable bonds is 11. The number of nitrogens with zero attached hydrogens (tertiary/aromatic N) is 4. The molecule has 4 fully saturated rings. The van der Waals surface area contributed by atoms with Gasteiger partial charge < -0.3 is 40.2 Å². The highest BCUT2D eigenvalue weighted by molar-refractivity contribution is 6.32. The van der Waals surface area contributed by atoms with Crippen molar-refractivity contribution >= 4 is 46.4 Å². The van der Waals surface area contributed by atoms with Crippen LogP contribution in [-0.4, -0.2) is 90.1 Å². The Morgan fingerprint density at radius 2 is 1.27 bits per heavy atom. The van der Waals surface area contributed by atoms with Gasteiger partial charge in [-0.1, -0.05) is 87.8 Å². The van der Waals surface area contributed by atoms with Crippen LogP contribution in [0.2, 0.25) is 5.15 Å². The molecule has 8 atom stereocenters. The molecule has 0 bridgehead atoms. The summed E-state index contributed by atoms with van der Waals surface area (Å²) in [5, 5.41) is 17.1. The number of fused-ring (bicyclic) bond motifs is 3. The van der Waals surface area contributed by atoms with Crippen molar-refractivity contribution in [2.75, 3.05) is 7.11 Å². The van der Waals surface area contributed by atoms with E-state index in [0.29, 0.717) is 34.3 Å². The van der Waals surface area contributed by atoms with Crippen LogP contribution in [0.5, 0.6) is 0 Å². The van der Waals surface area contributed by atoms with E-state index >= 15 is 0 Å². The van der Waals surface area contributed by atoms with Gasteiger partial charge in [0, 0.05) is 23.2 Å². The Labute approximate surface area is 352 Å². The average Bonchev–Trinajstić information content (AvgIpc) is 3.88. The number of alkyl carbamates (subject to hydrolysis) is 1. The van der Waals surface area contributed by atoms with Crippen LogP contribution in [0, 0.1) is 23.7 Å². The van der Waals surface area contributed by atoms with Crippen molar-refractivity contribution in [3.63, 3.8) is 0 Å². The number of amides is 4. The minimum Gasteiger partial charge on any atom is -0.465 e. The third-order valence-electron chi connectivity index (χ3n) is 12.9. The number of aromatic nitrogens is 4. The minimum absolute atomic E-state index is 0.119. The van der Waals surface area contributed by atoms with Crippen molar-refractivity contribution in [2.24, 2.45) is 23.7 Å². The average molecular weight is 833 g/mol. The molecule has 5 N–H and O–H groups in total. The molecule has 4 heterocycles. The molecule has 2 unspecified atom stereocenters. The predicted octanol–water partition coefficient (Wildman–Crippen LogP) is 7.94. The van der Waals surface area contributed by atoms with Gasteiger partial charge in [0.05, 0.1) is 31.1 Å². The molecule has 3 aromatic carbocycles. The number of piperidine rings is 2. The first-order valence-corrected chi connectivity index (χ1v) is 21.1. The van der Waals surface area contributed by atoms with Crippen LogP contribution in [0.15, 0.2) is 66.9 Å². The summed E-state index contributed by atoms with van der Waals surface area (Å²) in [4.78, 5) is 71.2. The maximum absolute atomic E-state index is 13.8. The Bertz CT molecular complexity index is 2500. The van der Waals surface area contributed by atoms with E-state index < -0.39 is 24.3 Å². The number of aromatic amines is 2. The van der Waals surface area contributed by atoms with Gasteiger partial charge in [-0.3, -0.25) is 9.59 Å². The zero-order chi connectivity index (χ0) is 42.1. The van der Waals surface area contributed by atoms with Crippen molar-refractivity contribution in [1.82, 2.24) is 40.4 Å². The van der Waals surface area contributed by atoms with Crippen molar-refractivity contribution in [2.45, 2.75) is 89.6 Å². The molecule has 4 aliphatic rings. The van der Waals surface area contributed by atoms with Crippen LogP contribution in [-0.2, 0) is 14.3 Å². The SMILES string of the molecule is COC(=O)NC(C(=O)N1[C@@H]2C[C@@H]2C[C@H]1c1nc(-c2ccc(-c3ccc4cc(-c5cnc([C@@H]6C[C@H]7C[C@H]7N6C(=O)C(NC(=O)O)C(C)C)[nH]5)ccc4c3)cc2)c(Cl)[nH]1)C(C)C. The Hall–Kier alpha value is -5.89. The molecule has 2 saturated carbocycles. The summed E-state index contributed by atoms with van der Waals surface area (Å²) >= 11 is 6.77. The maximum Gasteiger partial charge on any atom is 0.407 e. The van der Waals surface area contributed by atoms with Gasteiger partial charge in [0.15, 0.2) is 0 Å². The highest BCUT2D eigenvalue weighted by Crippen LogP contribution is 2.55. The number of benzene rings is 3. The highest BCUT2D eigenvalue weighted by Gasteiger charge is 2.57. The Morgan fingerprint density at radius 1 is 0.733 bits per heavy atom. The number of methoxy groups -OCH3 is 1. The first-order chi connectivity index (χ1) is 28.8. The lowest BCUT2D eigenvalue weighted by atomic mass is 9.98. The topological polar surface area (TPSA) is 186 Å². The summed E-state index contributed by atoms with van der Waals surface area (Å²) in [6.45, 7) is 7.51. The summed E-state index contributed by atoms with van der Waals surface area (Å²) in [6.07, 6.45) is 3.44. The lowest BCUT2D eigenvalue weighted by Crippen LogP contribution is -2.52. The molecular weight excluding hydrogens is 784 g/mol. The summed E-state index contributed by atoms with van der Waals surface area (Å²) < 4.78 is 4.80. The smallest absolute Gasteiger partial charge is 0.407 e. The molecule has 0 radical (unpaired) electrons. The van der Waals surface area contributed by atoms with Crippen LogP contribution in [0.1, 0.15) is 77.1 Å². The lowest BCUT2D eigenvalue weighted by Gasteiger charge is -2.31. The van der Waals surface area contributed by atoms with E-state index in [1.165, 1.54) is 7.11 Å². The van der Waals surface area contributed by atoms with Gasteiger partial charge in [0.2, 0.25) is 11.8 Å². The first-order valence-electron chi connectivity index (χ1n) is 20.7. The van der Waals surface area contributed by atoms with Gasteiger partial charge >= 0.3 is 12.2 Å². The first kappa shape index (κ1) is 39.6. The summed E-state index contributed by atoms with van der Waals surface area (Å²) in [5.74, 6) is 1.51. The molecule has 9 rings (SSSR count). The van der Waals surface area contributed by atoms with Crippen LogP contribution in [0.4, 0.5) is 9.59 Å². The van der Waals surface area contributed by atoms with E-state index in [4.69, 9.17) is 26.3 Å². The second-order valence-electron chi connectivity index (χ2n) is 17.5. The number of nitrogens with one attached hydrogen (secondary N) is 4. The van der Waals surface area contributed by atoms with Crippen LogP contribution in [0.3, 0.4) is 0 Å². The minimum atomic E-state index is -1.20. The molecule has 2 aliphatic heterocycles. The van der Waals surface area contributed by atoms with E-state index in [-0.39, 0.29) is 47.8 Å². The second-order valence-corrected chi connectivity index (χ2v) is 17.8. The zero-order valence-corrected chi connectivity index (χ0v) is 34.9. The van der Waals surface area contributed by atoms with Crippen molar-refractivity contribution in [3.05, 3.63) is 83.7 Å². The number of carbonyl (C=O) groups excluding carboxylic acids is 3. The van der Waals surface area contributed by atoms with Crippen LogP contribution < -0.4 is 10.6 Å². The molecule has 312 valence electrons. The molecule has 4 amide bonds. The van der Waals surface area contributed by atoms with E-state index in [1.54, 1.807) is 0 Å². The fraction of sp³-hybridized carbons (Fsp3) is 0.422. The quantitative estimate of drug-likeness (QED) is 0.0888. The molecule has 2 aromatic heterocycles. The van der Waals surface area contributed by atoms with Crippen molar-refractivity contribution in [3.8, 4) is 33.6 Å².